The van der Waals surface area contributed by atoms with Crippen LogP contribution in [0.4, 0.5) is 0 Å². The maximum absolute atomic E-state index is 6.00. The van der Waals surface area contributed by atoms with E-state index in [0.29, 0.717) is 11.5 Å². The SMILES string of the molecule is NNC(Cc1sccc1Br)C12CC3CC(CC(C3)C1)C2. The van der Waals surface area contributed by atoms with Crippen molar-refractivity contribution in [2.24, 2.45) is 29.0 Å². The highest BCUT2D eigenvalue weighted by molar-refractivity contribution is 9.10. The van der Waals surface area contributed by atoms with Crippen LogP contribution in [0.2, 0.25) is 0 Å². The number of nitrogens with one attached hydrogen (secondary N) is 1. The molecule has 1 aromatic rings. The van der Waals surface area contributed by atoms with Crippen molar-refractivity contribution in [2.75, 3.05) is 0 Å². The Hall–Kier alpha value is 0.100. The van der Waals surface area contributed by atoms with Crippen LogP contribution in [0, 0.1) is 23.2 Å². The lowest BCUT2D eigenvalue weighted by molar-refractivity contribution is -0.0736. The van der Waals surface area contributed by atoms with Gasteiger partial charge in [0.15, 0.2) is 0 Å². The van der Waals surface area contributed by atoms with E-state index in [4.69, 9.17) is 5.84 Å². The van der Waals surface area contributed by atoms with Crippen LogP contribution < -0.4 is 11.3 Å². The zero-order valence-corrected chi connectivity index (χ0v) is 14.2. The van der Waals surface area contributed by atoms with Gasteiger partial charge >= 0.3 is 0 Å². The topological polar surface area (TPSA) is 38.0 Å². The molecular weight excluding hydrogens is 332 g/mol. The Kier molecular flexibility index (Phi) is 3.49. The summed E-state index contributed by atoms with van der Waals surface area (Å²) < 4.78 is 1.26. The Morgan fingerprint density at radius 1 is 1.25 bits per heavy atom. The molecule has 1 aromatic heterocycles. The monoisotopic (exact) mass is 354 g/mol. The molecule has 0 aliphatic heterocycles. The second-order valence-corrected chi connectivity index (χ2v) is 9.25. The summed E-state index contributed by atoms with van der Waals surface area (Å²) in [5.41, 5.74) is 3.69. The largest absolute Gasteiger partial charge is 0.271 e. The predicted octanol–water partition coefficient (Wildman–Crippen LogP) is 4.10. The number of halogens is 1. The summed E-state index contributed by atoms with van der Waals surface area (Å²) in [4.78, 5) is 1.45. The summed E-state index contributed by atoms with van der Waals surface area (Å²) in [7, 11) is 0. The molecule has 0 spiro atoms. The summed E-state index contributed by atoms with van der Waals surface area (Å²) in [6.45, 7) is 0. The molecule has 1 atom stereocenters. The molecule has 0 amide bonds. The smallest absolute Gasteiger partial charge is 0.0315 e. The van der Waals surface area contributed by atoms with E-state index in [1.165, 1.54) is 47.9 Å². The van der Waals surface area contributed by atoms with Gasteiger partial charge in [-0.25, -0.2) is 0 Å². The van der Waals surface area contributed by atoms with Gasteiger partial charge in [0, 0.05) is 21.8 Å². The Bertz CT molecular complexity index is 463. The molecule has 4 bridgehead atoms. The highest BCUT2D eigenvalue weighted by Gasteiger charge is 2.53. The number of thiophene rings is 1. The lowest BCUT2D eigenvalue weighted by Crippen LogP contribution is -2.58. The number of hydrazine groups is 1. The first-order valence-corrected chi connectivity index (χ1v) is 9.54. The highest BCUT2D eigenvalue weighted by atomic mass is 79.9. The third-order valence-corrected chi connectivity index (χ3v) is 8.06. The fourth-order valence-corrected chi connectivity index (χ4v) is 7.27. The van der Waals surface area contributed by atoms with Crippen molar-refractivity contribution in [3.63, 3.8) is 0 Å². The van der Waals surface area contributed by atoms with E-state index in [-0.39, 0.29) is 0 Å². The molecule has 0 saturated heterocycles. The van der Waals surface area contributed by atoms with Crippen LogP contribution in [-0.2, 0) is 6.42 Å². The standard InChI is InChI=1S/C16H23BrN2S/c17-13-1-2-20-14(13)6-15(19-18)16-7-10-3-11(8-16)5-12(4-10)9-16/h1-2,10-12,15,19H,3-9,18H2. The van der Waals surface area contributed by atoms with Crippen LogP contribution in [0.1, 0.15) is 43.4 Å². The molecule has 3 N–H and O–H groups in total. The van der Waals surface area contributed by atoms with Gasteiger partial charge in [-0.3, -0.25) is 11.3 Å². The van der Waals surface area contributed by atoms with Crippen molar-refractivity contribution < 1.29 is 0 Å². The molecule has 4 heteroatoms. The van der Waals surface area contributed by atoms with Crippen molar-refractivity contribution in [1.82, 2.24) is 5.43 Å². The minimum atomic E-state index is 0.450. The average Bonchev–Trinajstić information content (AvgIpc) is 2.79. The number of rotatable bonds is 4. The summed E-state index contributed by atoms with van der Waals surface area (Å²) in [5.74, 6) is 8.97. The number of hydrogen-bond acceptors (Lipinski definition) is 3. The third kappa shape index (κ3) is 2.20. The lowest BCUT2D eigenvalue weighted by atomic mass is 9.47. The Morgan fingerprint density at radius 3 is 2.30 bits per heavy atom. The molecule has 20 heavy (non-hydrogen) atoms. The van der Waals surface area contributed by atoms with Crippen LogP contribution in [-0.4, -0.2) is 6.04 Å². The van der Waals surface area contributed by atoms with Crippen LogP contribution in [0.3, 0.4) is 0 Å². The van der Waals surface area contributed by atoms with Gasteiger partial charge in [-0.05, 0) is 89.1 Å². The van der Waals surface area contributed by atoms with Crippen LogP contribution in [0.15, 0.2) is 15.9 Å². The van der Waals surface area contributed by atoms with Crippen molar-refractivity contribution in [2.45, 2.75) is 51.0 Å². The summed E-state index contributed by atoms with van der Waals surface area (Å²) in [6.07, 6.45) is 9.82. The molecule has 0 radical (unpaired) electrons. The normalized spacial score (nSPS) is 40.2. The minimum absolute atomic E-state index is 0.450. The highest BCUT2D eigenvalue weighted by Crippen LogP contribution is 2.61. The van der Waals surface area contributed by atoms with Gasteiger partial charge in [-0.15, -0.1) is 11.3 Å². The molecule has 1 heterocycles. The van der Waals surface area contributed by atoms with Gasteiger partial charge in [-0.2, -0.15) is 0 Å². The minimum Gasteiger partial charge on any atom is -0.271 e. The van der Waals surface area contributed by atoms with Crippen molar-refractivity contribution >= 4 is 27.3 Å². The maximum atomic E-state index is 6.00. The fraction of sp³-hybridized carbons (Fsp3) is 0.750. The van der Waals surface area contributed by atoms with E-state index in [9.17, 15) is 0 Å². The van der Waals surface area contributed by atoms with Crippen molar-refractivity contribution in [3.8, 4) is 0 Å². The average molecular weight is 355 g/mol. The molecule has 110 valence electrons. The van der Waals surface area contributed by atoms with E-state index < -0.39 is 0 Å². The molecule has 5 rings (SSSR count). The summed E-state index contributed by atoms with van der Waals surface area (Å²) in [6, 6.07) is 2.61. The molecular formula is C16H23BrN2S. The zero-order valence-electron chi connectivity index (χ0n) is 11.8. The van der Waals surface area contributed by atoms with E-state index in [2.05, 4.69) is 32.8 Å². The van der Waals surface area contributed by atoms with Gasteiger partial charge in [-0.1, -0.05) is 0 Å². The van der Waals surface area contributed by atoms with Gasteiger partial charge in [0.25, 0.3) is 0 Å². The van der Waals surface area contributed by atoms with E-state index in [1.54, 1.807) is 0 Å². The van der Waals surface area contributed by atoms with Crippen molar-refractivity contribution in [3.05, 3.63) is 20.8 Å². The maximum Gasteiger partial charge on any atom is 0.0315 e. The zero-order chi connectivity index (χ0) is 13.7. The first kappa shape index (κ1) is 13.7. The summed E-state index contributed by atoms with van der Waals surface area (Å²) >= 11 is 5.53. The van der Waals surface area contributed by atoms with Gasteiger partial charge in [0.1, 0.15) is 0 Å². The predicted molar refractivity (Wildman–Crippen MR) is 87.4 cm³/mol. The molecule has 4 aliphatic rings. The molecule has 4 saturated carbocycles. The van der Waals surface area contributed by atoms with Gasteiger partial charge in [0.05, 0.1) is 0 Å². The Labute approximate surface area is 133 Å². The second-order valence-electron chi connectivity index (χ2n) is 7.40. The molecule has 1 unspecified atom stereocenters. The second kappa shape index (κ2) is 5.08. The lowest BCUT2D eigenvalue weighted by Gasteiger charge is -2.59. The van der Waals surface area contributed by atoms with Crippen LogP contribution >= 0.6 is 27.3 Å². The van der Waals surface area contributed by atoms with Crippen LogP contribution in [0.25, 0.3) is 0 Å². The molecule has 2 nitrogen and oxygen atoms in total. The van der Waals surface area contributed by atoms with E-state index >= 15 is 0 Å². The quantitative estimate of drug-likeness (QED) is 0.630. The molecule has 0 aromatic carbocycles. The number of nitrogens with two attached hydrogens (primary N) is 1. The summed E-state index contributed by atoms with van der Waals surface area (Å²) in [5, 5.41) is 2.17. The Morgan fingerprint density at radius 2 is 1.85 bits per heavy atom. The molecule has 4 aliphatic carbocycles. The van der Waals surface area contributed by atoms with Crippen LogP contribution in [0.5, 0.6) is 0 Å². The number of hydrogen-bond donors (Lipinski definition) is 2. The first-order valence-electron chi connectivity index (χ1n) is 7.86. The fourth-order valence-electron chi connectivity index (χ4n) is 5.71. The Balaban J connectivity index is 1.59. The third-order valence-electron chi connectivity index (χ3n) is 6.11. The van der Waals surface area contributed by atoms with Gasteiger partial charge in [0.2, 0.25) is 0 Å². The van der Waals surface area contributed by atoms with E-state index in [1.807, 2.05) is 11.3 Å². The van der Waals surface area contributed by atoms with E-state index in [0.717, 1.165) is 24.2 Å². The van der Waals surface area contributed by atoms with Gasteiger partial charge < -0.3 is 0 Å². The molecule has 4 fully saturated rings. The van der Waals surface area contributed by atoms with Crippen molar-refractivity contribution in [1.29, 1.82) is 0 Å². The first-order chi connectivity index (χ1) is 9.68.